The molecular formula is C22H29ClN2O3S. The maximum Gasteiger partial charge on any atom is 0.254 e. The molecule has 3 heterocycles. The first-order valence-electron chi connectivity index (χ1n) is 10.1. The Bertz CT molecular complexity index is 841. The third-order valence-corrected chi connectivity index (χ3v) is 6.57. The van der Waals surface area contributed by atoms with Crippen LogP contribution in [0.1, 0.15) is 39.4 Å². The van der Waals surface area contributed by atoms with Gasteiger partial charge in [-0.3, -0.25) is 9.69 Å². The van der Waals surface area contributed by atoms with Crippen LogP contribution in [0, 0.1) is 6.92 Å². The molecule has 7 heteroatoms. The van der Waals surface area contributed by atoms with Gasteiger partial charge in [0.15, 0.2) is 17.7 Å². The molecule has 2 aromatic rings. The summed E-state index contributed by atoms with van der Waals surface area (Å²) in [4.78, 5) is 19.6. The molecule has 5 nitrogen and oxygen atoms in total. The second-order valence-corrected chi connectivity index (χ2v) is 8.95. The predicted octanol–water partition coefficient (Wildman–Crippen LogP) is 4.38. The zero-order chi connectivity index (χ0) is 19.5. The average Bonchev–Trinajstić information content (AvgIpc) is 3.02. The zero-order valence-electron chi connectivity index (χ0n) is 17.1. The Kier molecular flexibility index (Phi) is 7.44. The van der Waals surface area contributed by atoms with Crippen LogP contribution in [-0.2, 0) is 6.42 Å². The summed E-state index contributed by atoms with van der Waals surface area (Å²) in [6.45, 7) is 5.24. The lowest BCUT2D eigenvalue weighted by molar-refractivity contribution is -0.0159. The fourth-order valence-corrected chi connectivity index (χ4v) is 4.95. The van der Waals surface area contributed by atoms with Crippen LogP contribution in [-0.4, -0.2) is 55.2 Å². The molecule has 1 amide bonds. The maximum absolute atomic E-state index is 12.8. The number of hydrogen-bond donors (Lipinski definition) is 0. The number of carbonyl (C=O) groups excluding carboxylic acids is 1. The van der Waals surface area contributed by atoms with E-state index in [0.29, 0.717) is 6.61 Å². The van der Waals surface area contributed by atoms with Crippen LogP contribution in [0.4, 0.5) is 0 Å². The SMILES string of the molecule is Cc1cc2c(s1)CCCN(CCCCN(C)C1COc3ccccc3O1)C2=O.Cl. The molecule has 1 atom stereocenters. The van der Waals surface area contributed by atoms with Crippen molar-refractivity contribution in [3.63, 3.8) is 0 Å². The van der Waals surface area contributed by atoms with Crippen molar-refractivity contribution in [2.24, 2.45) is 0 Å². The van der Waals surface area contributed by atoms with Crippen molar-refractivity contribution in [2.45, 2.75) is 38.8 Å². The highest BCUT2D eigenvalue weighted by atomic mass is 35.5. The van der Waals surface area contributed by atoms with Gasteiger partial charge >= 0.3 is 0 Å². The molecular weight excluding hydrogens is 408 g/mol. The fourth-order valence-electron chi connectivity index (χ4n) is 3.88. The number of benzene rings is 1. The van der Waals surface area contributed by atoms with Crippen LogP contribution in [0.5, 0.6) is 11.5 Å². The van der Waals surface area contributed by atoms with Crippen molar-refractivity contribution in [1.82, 2.24) is 9.80 Å². The Hall–Kier alpha value is -1.76. The van der Waals surface area contributed by atoms with Gasteiger partial charge in [0.25, 0.3) is 5.91 Å². The molecule has 1 unspecified atom stereocenters. The standard InChI is InChI=1S/C22H28N2O3S.ClH/c1-16-14-17-20(28-16)10-7-13-24(22(17)25)12-6-5-11-23(2)21-15-26-18-8-3-4-9-19(18)27-21;/h3-4,8-9,14,21H,5-7,10-13,15H2,1-2H3;1H. The van der Waals surface area contributed by atoms with Crippen LogP contribution in [0.2, 0.25) is 0 Å². The number of aryl methyl sites for hydroxylation is 2. The summed E-state index contributed by atoms with van der Waals surface area (Å²) in [5, 5.41) is 0. The van der Waals surface area contributed by atoms with E-state index in [2.05, 4.69) is 24.9 Å². The van der Waals surface area contributed by atoms with E-state index in [0.717, 1.165) is 62.4 Å². The maximum atomic E-state index is 12.8. The molecule has 1 aromatic heterocycles. The Morgan fingerprint density at radius 3 is 2.86 bits per heavy atom. The first-order chi connectivity index (χ1) is 13.6. The molecule has 4 rings (SSSR count). The molecule has 2 aliphatic heterocycles. The smallest absolute Gasteiger partial charge is 0.254 e. The van der Waals surface area contributed by atoms with Crippen LogP contribution >= 0.6 is 23.7 Å². The van der Waals surface area contributed by atoms with E-state index in [1.807, 2.05) is 29.2 Å². The van der Waals surface area contributed by atoms with Crippen molar-refractivity contribution < 1.29 is 14.3 Å². The van der Waals surface area contributed by atoms with E-state index >= 15 is 0 Å². The van der Waals surface area contributed by atoms with Gasteiger partial charge < -0.3 is 14.4 Å². The van der Waals surface area contributed by atoms with Crippen LogP contribution < -0.4 is 9.47 Å². The Labute approximate surface area is 183 Å². The molecule has 0 aliphatic carbocycles. The average molecular weight is 437 g/mol. The lowest BCUT2D eigenvalue weighted by Gasteiger charge is -2.32. The zero-order valence-corrected chi connectivity index (χ0v) is 18.7. The molecule has 0 N–H and O–H groups in total. The molecule has 0 spiro atoms. The highest BCUT2D eigenvalue weighted by Crippen LogP contribution is 2.31. The Morgan fingerprint density at radius 1 is 1.24 bits per heavy atom. The number of ether oxygens (including phenoxy) is 2. The minimum atomic E-state index is -0.0638. The quantitative estimate of drug-likeness (QED) is 0.630. The van der Waals surface area contributed by atoms with Crippen molar-refractivity contribution in [3.05, 3.63) is 45.6 Å². The van der Waals surface area contributed by atoms with E-state index in [1.54, 1.807) is 11.3 Å². The summed E-state index contributed by atoms with van der Waals surface area (Å²) in [6, 6.07) is 9.86. The predicted molar refractivity (Wildman–Crippen MR) is 119 cm³/mol. The van der Waals surface area contributed by atoms with Crippen molar-refractivity contribution in [3.8, 4) is 11.5 Å². The minimum absolute atomic E-state index is 0. The number of para-hydroxylation sites is 2. The van der Waals surface area contributed by atoms with Crippen LogP contribution in [0.3, 0.4) is 0 Å². The molecule has 0 saturated carbocycles. The molecule has 29 heavy (non-hydrogen) atoms. The van der Waals surface area contributed by atoms with Gasteiger partial charge in [-0.2, -0.15) is 0 Å². The summed E-state index contributed by atoms with van der Waals surface area (Å²) in [7, 11) is 2.07. The number of unbranched alkanes of at least 4 members (excludes halogenated alkanes) is 1. The summed E-state index contributed by atoms with van der Waals surface area (Å²) in [5.41, 5.74) is 0.934. The second-order valence-electron chi connectivity index (χ2n) is 7.61. The van der Waals surface area contributed by atoms with E-state index in [4.69, 9.17) is 9.47 Å². The molecule has 0 radical (unpaired) electrons. The van der Waals surface area contributed by atoms with Gasteiger partial charge in [0.1, 0.15) is 6.61 Å². The van der Waals surface area contributed by atoms with Gasteiger partial charge in [0.2, 0.25) is 0 Å². The first-order valence-corrected chi connectivity index (χ1v) is 10.9. The number of halogens is 1. The Balaban J connectivity index is 0.00000240. The molecule has 0 fully saturated rings. The molecule has 2 aliphatic rings. The monoisotopic (exact) mass is 436 g/mol. The molecule has 158 valence electrons. The number of hydrogen-bond acceptors (Lipinski definition) is 5. The van der Waals surface area contributed by atoms with Crippen LogP contribution in [0.25, 0.3) is 0 Å². The van der Waals surface area contributed by atoms with Gasteiger partial charge in [0.05, 0.1) is 5.56 Å². The largest absolute Gasteiger partial charge is 0.484 e. The lowest BCUT2D eigenvalue weighted by atomic mass is 10.2. The number of fused-ring (bicyclic) bond motifs is 2. The van der Waals surface area contributed by atoms with E-state index in [-0.39, 0.29) is 24.5 Å². The third-order valence-electron chi connectivity index (χ3n) is 5.46. The topological polar surface area (TPSA) is 42.0 Å². The third kappa shape index (κ3) is 5.05. The van der Waals surface area contributed by atoms with Gasteiger partial charge in [-0.1, -0.05) is 12.1 Å². The number of nitrogens with zero attached hydrogens (tertiary/aromatic N) is 2. The number of carbonyl (C=O) groups is 1. The van der Waals surface area contributed by atoms with E-state index in [1.165, 1.54) is 9.75 Å². The second kappa shape index (κ2) is 9.83. The van der Waals surface area contributed by atoms with E-state index < -0.39 is 0 Å². The van der Waals surface area contributed by atoms with Crippen LogP contribution in [0.15, 0.2) is 30.3 Å². The number of rotatable bonds is 6. The fraction of sp³-hybridized carbons (Fsp3) is 0.500. The summed E-state index contributed by atoms with van der Waals surface area (Å²) < 4.78 is 11.9. The van der Waals surface area contributed by atoms with Crippen molar-refractivity contribution in [1.29, 1.82) is 0 Å². The molecule has 1 aromatic carbocycles. The van der Waals surface area contributed by atoms with Crippen molar-refractivity contribution in [2.75, 3.05) is 33.3 Å². The van der Waals surface area contributed by atoms with Gasteiger partial charge in [-0.05, 0) is 57.9 Å². The molecule has 0 bridgehead atoms. The number of likely N-dealkylation sites (N-methyl/N-ethyl adjacent to an activating group) is 1. The first kappa shape index (κ1) is 21.9. The minimum Gasteiger partial charge on any atom is -0.484 e. The van der Waals surface area contributed by atoms with Gasteiger partial charge in [0, 0.05) is 29.4 Å². The van der Waals surface area contributed by atoms with Gasteiger partial charge in [-0.25, -0.2) is 0 Å². The lowest BCUT2D eigenvalue weighted by Crippen LogP contribution is -2.43. The van der Waals surface area contributed by atoms with E-state index in [9.17, 15) is 4.79 Å². The molecule has 0 saturated heterocycles. The summed E-state index contributed by atoms with van der Waals surface area (Å²) in [5.74, 6) is 1.84. The number of amides is 1. The highest BCUT2D eigenvalue weighted by Gasteiger charge is 2.25. The normalized spacial score (nSPS) is 18.2. The number of thiophene rings is 1. The highest BCUT2D eigenvalue weighted by molar-refractivity contribution is 7.12. The van der Waals surface area contributed by atoms with Gasteiger partial charge in [-0.15, -0.1) is 23.7 Å². The summed E-state index contributed by atoms with van der Waals surface area (Å²) in [6.07, 6.45) is 4.05. The summed E-state index contributed by atoms with van der Waals surface area (Å²) >= 11 is 1.77. The van der Waals surface area contributed by atoms with Crippen molar-refractivity contribution >= 4 is 29.7 Å². The Morgan fingerprint density at radius 2 is 2.03 bits per heavy atom.